The third-order valence-corrected chi connectivity index (χ3v) is 5.16. The molecular formula is C25H22NO3-. The highest BCUT2D eigenvalue weighted by atomic mass is 16.5. The molecule has 1 heterocycles. The quantitative estimate of drug-likeness (QED) is 0.443. The predicted molar refractivity (Wildman–Crippen MR) is 114 cm³/mol. The summed E-state index contributed by atoms with van der Waals surface area (Å²) in [5.41, 5.74) is 3.11. The Morgan fingerprint density at radius 2 is 1.83 bits per heavy atom. The number of aryl methyl sites for hydroxylation is 1. The first-order valence-corrected chi connectivity index (χ1v) is 9.86. The molecule has 4 rings (SSSR count). The zero-order chi connectivity index (χ0) is 20.4. The van der Waals surface area contributed by atoms with Crippen LogP contribution in [0.3, 0.4) is 0 Å². The Morgan fingerprint density at radius 1 is 1.03 bits per heavy atom. The van der Waals surface area contributed by atoms with Crippen molar-refractivity contribution in [3.05, 3.63) is 71.8 Å². The molecular weight excluding hydrogens is 362 g/mol. The molecule has 0 unspecified atom stereocenters. The lowest BCUT2D eigenvalue weighted by Gasteiger charge is -2.17. The summed E-state index contributed by atoms with van der Waals surface area (Å²) < 4.78 is 6.08. The van der Waals surface area contributed by atoms with Crippen LogP contribution < -0.4 is 9.84 Å². The van der Waals surface area contributed by atoms with E-state index in [-0.39, 0.29) is 5.56 Å². The average Bonchev–Trinajstić information content (AvgIpc) is 2.73. The van der Waals surface area contributed by atoms with E-state index in [2.05, 4.69) is 6.92 Å². The molecule has 0 aliphatic rings. The third kappa shape index (κ3) is 3.54. The monoisotopic (exact) mass is 384 g/mol. The number of carbonyl (C=O) groups excluding carboxylic acids is 1. The SMILES string of the molecule is CCCCOc1ccc2ccccc2c1-c1cc(C(=O)[O-])c2cccc(C)c2n1. The van der Waals surface area contributed by atoms with Gasteiger partial charge in [-0.3, -0.25) is 0 Å². The van der Waals surface area contributed by atoms with Gasteiger partial charge >= 0.3 is 0 Å². The van der Waals surface area contributed by atoms with E-state index in [4.69, 9.17) is 9.72 Å². The van der Waals surface area contributed by atoms with Gasteiger partial charge < -0.3 is 14.6 Å². The smallest absolute Gasteiger partial charge is 0.129 e. The number of benzene rings is 3. The summed E-state index contributed by atoms with van der Waals surface area (Å²) in [5, 5.41) is 14.5. The lowest BCUT2D eigenvalue weighted by Crippen LogP contribution is -2.23. The molecule has 0 atom stereocenters. The number of nitrogens with zero attached hydrogens (tertiary/aromatic N) is 1. The van der Waals surface area contributed by atoms with Gasteiger partial charge in [0.1, 0.15) is 5.75 Å². The fourth-order valence-electron chi connectivity index (χ4n) is 3.65. The molecule has 0 spiro atoms. The van der Waals surface area contributed by atoms with Gasteiger partial charge in [0.2, 0.25) is 0 Å². The highest BCUT2D eigenvalue weighted by Crippen LogP contribution is 2.38. The van der Waals surface area contributed by atoms with Gasteiger partial charge in [0.05, 0.1) is 29.4 Å². The van der Waals surface area contributed by atoms with Crippen molar-refractivity contribution in [1.82, 2.24) is 4.98 Å². The Bertz CT molecular complexity index is 1210. The third-order valence-electron chi connectivity index (χ3n) is 5.16. The molecule has 4 nitrogen and oxygen atoms in total. The summed E-state index contributed by atoms with van der Waals surface area (Å²) in [5.74, 6) is -0.500. The molecule has 0 radical (unpaired) electrons. The number of para-hydroxylation sites is 1. The fraction of sp³-hybridized carbons (Fsp3) is 0.200. The number of fused-ring (bicyclic) bond motifs is 2. The number of pyridine rings is 1. The number of unbranched alkanes of at least 4 members (excludes halogenated alkanes) is 1. The molecule has 0 aliphatic heterocycles. The van der Waals surface area contributed by atoms with Crippen LogP contribution in [0.2, 0.25) is 0 Å². The second-order valence-corrected chi connectivity index (χ2v) is 7.18. The van der Waals surface area contributed by atoms with Gasteiger partial charge in [0.25, 0.3) is 0 Å². The zero-order valence-corrected chi connectivity index (χ0v) is 16.6. The predicted octanol–water partition coefficient (Wildman–Crippen LogP) is 4.91. The molecule has 4 heteroatoms. The largest absolute Gasteiger partial charge is 0.545 e. The van der Waals surface area contributed by atoms with Crippen molar-refractivity contribution in [2.45, 2.75) is 26.7 Å². The Kier molecular flexibility index (Phi) is 5.17. The summed E-state index contributed by atoms with van der Waals surface area (Å²) in [4.78, 5) is 16.8. The van der Waals surface area contributed by atoms with Crippen LogP contribution in [-0.2, 0) is 0 Å². The van der Waals surface area contributed by atoms with Crippen molar-refractivity contribution in [3.8, 4) is 17.0 Å². The molecule has 0 saturated carbocycles. The number of aromatic carboxylic acids is 1. The molecule has 1 aromatic heterocycles. The van der Waals surface area contributed by atoms with Crippen LogP contribution in [0.5, 0.6) is 5.75 Å². The van der Waals surface area contributed by atoms with Crippen molar-refractivity contribution in [2.24, 2.45) is 0 Å². The first-order valence-electron chi connectivity index (χ1n) is 9.86. The van der Waals surface area contributed by atoms with Crippen LogP contribution >= 0.6 is 0 Å². The number of hydrogen-bond donors (Lipinski definition) is 0. The number of aromatic nitrogens is 1. The summed E-state index contributed by atoms with van der Waals surface area (Å²) in [7, 11) is 0. The van der Waals surface area contributed by atoms with Gasteiger partial charge in [-0.15, -0.1) is 0 Å². The van der Waals surface area contributed by atoms with E-state index in [0.29, 0.717) is 29.0 Å². The fourth-order valence-corrected chi connectivity index (χ4v) is 3.65. The van der Waals surface area contributed by atoms with E-state index in [0.717, 1.165) is 34.7 Å². The Labute approximate surface area is 169 Å². The Balaban J connectivity index is 2.03. The minimum atomic E-state index is -1.21. The van der Waals surface area contributed by atoms with Gasteiger partial charge in [0, 0.05) is 10.9 Å². The standard InChI is InChI=1S/C25H23NO3/c1-3-4-14-29-22-13-12-17-9-5-6-10-18(17)23(22)21-15-20(25(27)28)19-11-7-8-16(2)24(19)26-21/h5-13,15H,3-4,14H2,1-2H3,(H,27,28)/p-1. The maximum atomic E-state index is 11.9. The van der Waals surface area contributed by atoms with E-state index >= 15 is 0 Å². The molecule has 146 valence electrons. The second-order valence-electron chi connectivity index (χ2n) is 7.18. The molecule has 0 N–H and O–H groups in total. The van der Waals surface area contributed by atoms with Gasteiger partial charge in [-0.2, -0.15) is 0 Å². The molecule has 0 bridgehead atoms. The zero-order valence-electron chi connectivity index (χ0n) is 16.6. The minimum absolute atomic E-state index is 0.140. The second kappa shape index (κ2) is 7.92. The first kappa shape index (κ1) is 18.9. The van der Waals surface area contributed by atoms with Crippen molar-refractivity contribution in [3.63, 3.8) is 0 Å². The van der Waals surface area contributed by atoms with Crippen molar-refractivity contribution >= 4 is 27.6 Å². The van der Waals surface area contributed by atoms with Gasteiger partial charge in [-0.25, -0.2) is 4.98 Å². The highest BCUT2D eigenvalue weighted by molar-refractivity contribution is 6.06. The van der Waals surface area contributed by atoms with Crippen LogP contribution in [0.1, 0.15) is 35.7 Å². The number of carboxylic acid groups (broad SMARTS) is 1. The molecule has 0 fully saturated rings. The average molecular weight is 384 g/mol. The first-order chi connectivity index (χ1) is 14.1. The van der Waals surface area contributed by atoms with E-state index in [9.17, 15) is 9.90 Å². The van der Waals surface area contributed by atoms with Gasteiger partial charge in [-0.1, -0.05) is 61.9 Å². The van der Waals surface area contributed by atoms with Crippen LogP contribution in [-0.4, -0.2) is 17.6 Å². The molecule has 29 heavy (non-hydrogen) atoms. The normalized spacial score (nSPS) is 11.1. The summed E-state index contributed by atoms with van der Waals surface area (Å²) in [6.07, 6.45) is 1.98. The van der Waals surface area contributed by atoms with Crippen LogP contribution in [0.25, 0.3) is 32.9 Å². The summed E-state index contributed by atoms with van der Waals surface area (Å²) >= 11 is 0. The highest BCUT2D eigenvalue weighted by Gasteiger charge is 2.16. The van der Waals surface area contributed by atoms with Gasteiger partial charge in [-0.05, 0) is 41.8 Å². The van der Waals surface area contributed by atoms with Crippen molar-refractivity contribution < 1.29 is 14.6 Å². The summed E-state index contributed by atoms with van der Waals surface area (Å²) in [6, 6.07) is 19.1. The topological polar surface area (TPSA) is 62.2 Å². The molecule has 0 aliphatic carbocycles. The van der Waals surface area contributed by atoms with Crippen molar-refractivity contribution in [2.75, 3.05) is 6.61 Å². The lowest BCUT2D eigenvalue weighted by molar-refractivity contribution is -0.254. The Hall–Kier alpha value is -3.40. The number of rotatable bonds is 6. The lowest BCUT2D eigenvalue weighted by atomic mass is 9.97. The Morgan fingerprint density at radius 3 is 2.62 bits per heavy atom. The van der Waals surface area contributed by atoms with Crippen LogP contribution in [0, 0.1) is 6.92 Å². The van der Waals surface area contributed by atoms with Crippen molar-refractivity contribution in [1.29, 1.82) is 0 Å². The van der Waals surface area contributed by atoms with E-state index < -0.39 is 5.97 Å². The maximum absolute atomic E-state index is 11.9. The van der Waals surface area contributed by atoms with E-state index in [1.807, 2.05) is 55.5 Å². The van der Waals surface area contributed by atoms with Crippen LogP contribution in [0.4, 0.5) is 0 Å². The van der Waals surface area contributed by atoms with E-state index in [1.54, 1.807) is 12.1 Å². The number of ether oxygens (including phenoxy) is 1. The molecule has 4 aromatic rings. The molecule has 0 saturated heterocycles. The van der Waals surface area contributed by atoms with Crippen LogP contribution in [0.15, 0.2) is 60.7 Å². The molecule has 0 amide bonds. The van der Waals surface area contributed by atoms with E-state index in [1.165, 1.54) is 0 Å². The molecule has 3 aromatic carbocycles. The number of hydrogen-bond acceptors (Lipinski definition) is 4. The maximum Gasteiger partial charge on any atom is 0.129 e. The summed E-state index contributed by atoms with van der Waals surface area (Å²) in [6.45, 7) is 4.65. The minimum Gasteiger partial charge on any atom is -0.545 e. The number of carboxylic acids is 1. The number of carbonyl (C=O) groups is 1. The van der Waals surface area contributed by atoms with Gasteiger partial charge in [0.15, 0.2) is 0 Å².